The number of hydrogen-bond donors (Lipinski definition) is 3. The van der Waals surface area contributed by atoms with Crippen LogP contribution in [-0.4, -0.2) is 27.7 Å². The van der Waals surface area contributed by atoms with Crippen LogP contribution in [0.15, 0.2) is 35.2 Å². The van der Waals surface area contributed by atoms with E-state index >= 15 is 0 Å². The molecule has 0 aliphatic rings. The molecule has 16 heavy (non-hydrogen) atoms. The SMILES string of the molecule is OCCSc1ccc2cc(O)c(O)cc2c1. The minimum absolute atomic E-state index is 0.108. The van der Waals surface area contributed by atoms with Crippen molar-refractivity contribution in [3.05, 3.63) is 30.3 Å². The molecule has 3 N–H and O–H groups in total. The molecule has 3 nitrogen and oxygen atoms in total. The molecule has 0 aliphatic heterocycles. The first kappa shape index (κ1) is 11.1. The van der Waals surface area contributed by atoms with Crippen molar-refractivity contribution in [2.45, 2.75) is 4.90 Å². The van der Waals surface area contributed by atoms with E-state index in [4.69, 9.17) is 5.11 Å². The Labute approximate surface area is 97.3 Å². The number of fused-ring (bicyclic) bond motifs is 1. The van der Waals surface area contributed by atoms with Crippen LogP contribution in [0.1, 0.15) is 0 Å². The number of benzene rings is 2. The summed E-state index contributed by atoms with van der Waals surface area (Å²) in [5.74, 6) is 0.426. The average Bonchev–Trinajstić information content (AvgIpc) is 2.28. The summed E-state index contributed by atoms with van der Waals surface area (Å²) in [5, 5.41) is 29.2. The van der Waals surface area contributed by atoms with Crippen molar-refractivity contribution < 1.29 is 15.3 Å². The fourth-order valence-corrected chi connectivity index (χ4v) is 2.21. The fraction of sp³-hybridized carbons (Fsp3) is 0.167. The summed E-state index contributed by atoms with van der Waals surface area (Å²) in [5.41, 5.74) is 0. The van der Waals surface area contributed by atoms with Crippen molar-refractivity contribution in [2.24, 2.45) is 0 Å². The highest BCUT2D eigenvalue weighted by molar-refractivity contribution is 7.99. The van der Waals surface area contributed by atoms with Crippen LogP contribution in [0.5, 0.6) is 11.5 Å². The second-order valence-electron chi connectivity index (χ2n) is 3.42. The molecule has 2 aromatic carbocycles. The molecule has 0 bridgehead atoms. The Bertz CT molecular complexity index is 511. The third-order valence-electron chi connectivity index (χ3n) is 2.27. The van der Waals surface area contributed by atoms with Crippen LogP contribution >= 0.6 is 11.8 Å². The zero-order valence-corrected chi connectivity index (χ0v) is 9.37. The van der Waals surface area contributed by atoms with Gasteiger partial charge >= 0.3 is 0 Å². The smallest absolute Gasteiger partial charge is 0.158 e. The molecule has 2 aromatic rings. The Morgan fingerprint density at radius 1 is 0.938 bits per heavy atom. The van der Waals surface area contributed by atoms with Crippen molar-refractivity contribution in [3.8, 4) is 11.5 Å². The van der Waals surface area contributed by atoms with E-state index < -0.39 is 0 Å². The van der Waals surface area contributed by atoms with E-state index in [1.807, 2.05) is 18.2 Å². The Hall–Kier alpha value is -1.39. The lowest BCUT2D eigenvalue weighted by molar-refractivity contribution is 0.322. The zero-order chi connectivity index (χ0) is 11.5. The molecule has 0 unspecified atom stereocenters. The lowest BCUT2D eigenvalue weighted by Crippen LogP contribution is -1.85. The number of aliphatic hydroxyl groups excluding tert-OH is 1. The topological polar surface area (TPSA) is 60.7 Å². The third-order valence-corrected chi connectivity index (χ3v) is 3.24. The highest BCUT2D eigenvalue weighted by Gasteiger charge is 2.03. The van der Waals surface area contributed by atoms with Gasteiger partial charge < -0.3 is 15.3 Å². The van der Waals surface area contributed by atoms with Crippen molar-refractivity contribution in [1.29, 1.82) is 0 Å². The van der Waals surface area contributed by atoms with Crippen LogP contribution < -0.4 is 0 Å². The molecule has 0 amide bonds. The summed E-state index contributed by atoms with van der Waals surface area (Å²) >= 11 is 1.55. The van der Waals surface area contributed by atoms with E-state index in [1.165, 1.54) is 12.1 Å². The van der Waals surface area contributed by atoms with E-state index in [0.717, 1.165) is 15.7 Å². The highest BCUT2D eigenvalue weighted by Crippen LogP contribution is 2.32. The number of aromatic hydroxyl groups is 2. The molecule has 0 saturated heterocycles. The van der Waals surface area contributed by atoms with Crippen LogP contribution in [0.3, 0.4) is 0 Å². The first-order chi connectivity index (χ1) is 7.70. The van der Waals surface area contributed by atoms with Gasteiger partial charge in [-0.1, -0.05) is 6.07 Å². The van der Waals surface area contributed by atoms with Crippen LogP contribution in [0.2, 0.25) is 0 Å². The van der Waals surface area contributed by atoms with Crippen LogP contribution in [0.4, 0.5) is 0 Å². The molecule has 0 spiro atoms. The standard InChI is InChI=1S/C12H12O3S/c13-3-4-16-10-2-1-8-6-11(14)12(15)7-9(8)5-10/h1-2,5-7,13-15H,3-4H2. The van der Waals surface area contributed by atoms with Crippen molar-refractivity contribution in [1.82, 2.24) is 0 Å². The normalized spacial score (nSPS) is 10.8. The first-order valence-corrected chi connectivity index (χ1v) is 5.88. The van der Waals surface area contributed by atoms with E-state index in [-0.39, 0.29) is 18.1 Å². The molecule has 0 saturated carbocycles. The Kier molecular flexibility index (Phi) is 3.22. The van der Waals surface area contributed by atoms with Gasteiger partial charge in [-0.25, -0.2) is 0 Å². The van der Waals surface area contributed by atoms with Gasteiger partial charge in [-0.2, -0.15) is 0 Å². The van der Waals surface area contributed by atoms with Gasteiger partial charge in [-0.3, -0.25) is 0 Å². The van der Waals surface area contributed by atoms with Gasteiger partial charge in [-0.05, 0) is 35.0 Å². The third kappa shape index (κ3) is 2.23. The second kappa shape index (κ2) is 4.63. The monoisotopic (exact) mass is 236 g/mol. The van der Waals surface area contributed by atoms with Gasteiger partial charge in [0.2, 0.25) is 0 Å². The Balaban J connectivity index is 2.41. The maximum atomic E-state index is 9.39. The maximum Gasteiger partial charge on any atom is 0.158 e. The fourth-order valence-electron chi connectivity index (χ4n) is 1.51. The van der Waals surface area contributed by atoms with Crippen molar-refractivity contribution in [3.63, 3.8) is 0 Å². The van der Waals surface area contributed by atoms with E-state index in [9.17, 15) is 10.2 Å². The molecule has 4 heteroatoms. The number of phenols is 2. The summed E-state index contributed by atoms with van der Waals surface area (Å²) in [6.45, 7) is 0.142. The lowest BCUT2D eigenvalue weighted by atomic mass is 10.1. The van der Waals surface area contributed by atoms with E-state index in [2.05, 4.69) is 0 Å². The Morgan fingerprint density at radius 3 is 2.31 bits per heavy atom. The summed E-state index contributed by atoms with van der Waals surface area (Å²) in [4.78, 5) is 1.03. The summed E-state index contributed by atoms with van der Waals surface area (Å²) < 4.78 is 0. The summed E-state index contributed by atoms with van der Waals surface area (Å²) in [6.07, 6.45) is 0. The number of thioether (sulfide) groups is 1. The second-order valence-corrected chi connectivity index (χ2v) is 4.59. The van der Waals surface area contributed by atoms with Crippen LogP contribution in [0, 0.1) is 0 Å². The van der Waals surface area contributed by atoms with Crippen LogP contribution in [0.25, 0.3) is 10.8 Å². The average molecular weight is 236 g/mol. The molecule has 0 aliphatic carbocycles. The summed E-state index contributed by atoms with van der Waals surface area (Å²) in [7, 11) is 0. The molecule has 2 rings (SSSR count). The van der Waals surface area contributed by atoms with Gasteiger partial charge in [0, 0.05) is 10.6 Å². The van der Waals surface area contributed by atoms with E-state index in [0.29, 0.717) is 5.75 Å². The minimum atomic E-state index is -0.114. The Morgan fingerprint density at radius 2 is 1.62 bits per heavy atom. The number of phenolic OH excluding ortho intramolecular Hbond substituents is 2. The predicted molar refractivity (Wildman–Crippen MR) is 65.1 cm³/mol. The van der Waals surface area contributed by atoms with Gasteiger partial charge in [-0.15, -0.1) is 11.8 Å². The molecule has 0 heterocycles. The van der Waals surface area contributed by atoms with Gasteiger partial charge in [0.1, 0.15) is 0 Å². The van der Waals surface area contributed by atoms with Gasteiger partial charge in [0.25, 0.3) is 0 Å². The minimum Gasteiger partial charge on any atom is -0.504 e. The molecule has 0 aromatic heterocycles. The molecule has 0 atom stereocenters. The van der Waals surface area contributed by atoms with E-state index in [1.54, 1.807) is 11.8 Å². The van der Waals surface area contributed by atoms with Crippen LogP contribution in [-0.2, 0) is 0 Å². The summed E-state index contributed by atoms with van der Waals surface area (Å²) in [6, 6.07) is 8.81. The molecule has 0 fully saturated rings. The lowest BCUT2D eigenvalue weighted by Gasteiger charge is -2.04. The van der Waals surface area contributed by atoms with Gasteiger partial charge in [0.05, 0.1) is 6.61 Å². The molecule has 84 valence electrons. The van der Waals surface area contributed by atoms with Crippen molar-refractivity contribution >= 4 is 22.5 Å². The largest absolute Gasteiger partial charge is 0.504 e. The predicted octanol–water partition coefficient (Wildman–Crippen LogP) is 2.34. The molecular formula is C12H12O3S. The first-order valence-electron chi connectivity index (χ1n) is 4.90. The quantitative estimate of drug-likeness (QED) is 0.565. The molecule has 0 radical (unpaired) electrons. The number of aliphatic hydroxyl groups is 1. The number of hydrogen-bond acceptors (Lipinski definition) is 4. The van der Waals surface area contributed by atoms with Gasteiger partial charge in [0.15, 0.2) is 11.5 Å². The number of rotatable bonds is 3. The highest BCUT2D eigenvalue weighted by atomic mass is 32.2. The van der Waals surface area contributed by atoms with Crippen molar-refractivity contribution in [2.75, 3.05) is 12.4 Å². The maximum absolute atomic E-state index is 9.39. The molecular weight excluding hydrogens is 224 g/mol. The zero-order valence-electron chi connectivity index (χ0n) is 8.55.